The van der Waals surface area contributed by atoms with Gasteiger partial charge in [0.05, 0.1) is 7.11 Å². The van der Waals surface area contributed by atoms with Gasteiger partial charge in [-0.25, -0.2) is 0 Å². The predicted molar refractivity (Wildman–Crippen MR) is 158 cm³/mol. The Kier molecular flexibility index (Phi) is 9.69. The third kappa shape index (κ3) is 7.79. The van der Waals surface area contributed by atoms with E-state index >= 15 is 0 Å². The SMILES string of the molecule is COc1cc(/C=C(\C#N)C(=O)Nc2ccc(OCc3ccc(Cl)cc3Cl)cc2)ccc1OCc1ccc(C)cc1. The molecular formula is C32H26Cl2N2O4. The summed E-state index contributed by atoms with van der Waals surface area (Å²) >= 11 is 12.1. The molecule has 4 aromatic rings. The number of hydrogen-bond acceptors (Lipinski definition) is 5. The highest BCUT2D eigenvalue weighted by Crippen LogP contribution is 2.30. The van der Waals surface area contributed by atoms with Crippen molar-refractivity contribution in [2.75, 3.05) is 12.4 Å². The lowest BCUT2D eigenvalue weighted by molar-refractivity contribution is -0.112. The largest absolute Gasteiger partial charge is 0.493 e. The summed E-state index contributed by atoms with van der Waals surface area (Å²) in [5.74, 6) is 1.11. The molecule has 0 heterocycles. The normalized spacial score (nSPS) is 10.9. The molecular weight excluding hydrogens is 547 g/mol. The molecule has 0 saturated carbocycles. The maximum atomic E-state index is 12.8. The summed E-state index contributed by atoms with van der Waals surface area (Å²) in [6.45, 7) is 2.68. The van der Waals surface area contributed by atoms with Crippen molar-refractivity contribution in [3.05, 3.63) is 123 Å². The number of anilines is 1. The lowest BCUT2D eigenvalue weighted by Gasteiger charge is -2.12. The van der Waals surface area contributed by atoms with Gasteiger partial charge in [-0.15, -0.1) is 0 Å². The quantitative estimate of drug-likeness (QED) is 0.154. The van der Waals surface area contributed by atoms with Crippen LogP contribution in [0.1, 0.15) is 22.3 Å². The van der Waals surface area contributed by atoms with Crippen LogP contribution in [0.25, 0.3) is 6.08 Å². The number of aryl methyl sites for hydroxylation is 1. The molecule has 8 heteroatoms. The third-order valence-electron chi connectivity index (χ3n) is 5.90. The average molecular weight is 573 g/mol. The van der Waals surface area contributed by atoms with Gasteiger partial charge in [0.15, 0.2) is 11.5 Å². The molecule has 1 amide bonds. The number of halogens is 2. The van der Waals surface area contributed by atoms with Gasteiger partial charge in [0, 0.05) is 21.3 Å². The first kappa shape index (κ1) is 28.6. The number of ether oxygens (including phenoxy) is 3. The molecule has 0 atom stereocenters. The molecule has 4 rings (SSSR count). The van der Waals surface area contributed by atoms with Gasteiger partial charge in [0.25, 0.3) is 5.91 Å². The van der Waals surface area contributed by atoms with Gasteiger partial charge in [-0.1, -0.05) is 65.2 Å². The van der Waals surface area contributed by atoms with E-state index in [1.54, 1.807) is 60.7 Å². The van der Waals surface area contributed by atoms with E-state index in [2.05, 4.69) is 5.32 Å². The maximum Gasteiger partial charge on any atom is 0.266 e. The second-order valence-corrected chi connectivity index (χ2v) is 9.70. The Morgan fingerprint density at radius 2 is 1.65 bits per heavy atom. The molecule has 0 aliphatic rings. The minimum Gasteiger partial charge on any atom is -0.493 e. The molecule has 0 aromatic heterocycles. The Hall–Kier alpha value is -4.44. The van der Waals surface area contributed by atoms with Crippen molar-refractivity contribution in [1.29, 1.82) is 5.26 Å². The molecule has 6 nitrogen and oxygen atoms in total. The van der Waals surface area contributed by atoms with Crippen LogP contribution in [0.2, 0.25) is 10.0 Å². The number of hydrogen-bond donors (Lipinski definition) is 1. The topological polar surface area (TPSA) is 80.6 Å². The van der Waals surface area contributed by atoms with Gasteiger partial charge >= 0.3 is 0 Å². The number of nitrogens with one attached hydrogen (secondary N) is 1. The monoisotopic (exact) mass is 572 g/mol. The van der Waals surface area contributed by atoms with E-state index in [1.807, 2.05) is 37.3 Å². The second kappa shape index (κ2) is 13.6. The van der Waals surface area contributed by atoms with Crippen molar-refractivity contribution in [2.24, 2.45) is 0 Å². The van der Waals surface area contributed by atoms with Crippen molar-refractivity contribution in [1.82, 2.24) is 0 Å². The second-order valence-electron chi connectivity index (χ2n) is 8.86. The lowest BCUT2D eigenvalue weighted by Crippen LogP contribution is -2.13. The van der Waals surface area contributed by atoms with Gasteiger partial charge in [-0.3, -0.25) is 4.79 Å². The Balaban J connectivity index is 1.37. The van der Waals surface area contributed by atoms with Crippen molar-refractivity contribution in [3.8, 4) is 23.3 Å². The van der Waals surface area contributed by atoms with E-state index < -0.39 is 5.91 Å². The Morgan fingerprint density at radius 3 is 2.33 bits per heavy atom. The Morgan fingerprint density at radius 1 is 0.900 bits per heavy atom. The fourth-order valence-electron chi connectivity index (χ4n) is 3.69. The number of methoxy groups -OCH3 is 1. The number of carbonyl (C=O) groups excluding carboxylic acids is 1. The Labute approximate surface area is 243 Å². The summed E-state index contributed by atoms with van der Waals surface area (Å²) in [4.78, 5) is 12.8. The van der Waals surface area contributed by atoms with E-state index in [4.69, 9.17) is 37.4 Å². The summed E-state index contributed by atoms with van der Waals surface area (Å²) in [6, 6.07) is 27.3. The fourth-order valence-corrected chi connectivity index (χ4v) is 4.15. The van der Waals surface area contributed by atoms with E-state index in [1.165, 1.54) is 18.7 Å². The van der Waals surface area contributed by atoms with E-state index in [0.29, 0.717) is 45.2 Å². The summed E-state index contributed by atoms with van der Waals surface area (Å²) in [5, 5.41) is 13.4. The molecule has 0 bridgehead atoms. The van der Waals surface area contributed by atoms with Crippen LogP contribution in [0, 0.1) is 18.3 Å². The lowest BCUT2D eigenvalue weighted by atomic mass is 10.1. The highest BCUT2D eigenvalue weighted by molar-refractivity contribution is 6.35. The van der Waals surface area contributed by atoms with E-state index in [-0.39, 0.29) is 12.2 Å². The zero-order valence-corrected chi connectivity index (χ0v) is 23.4. The van der Waals surface area contributed by atoms with E-state index in [9.17, 15) is 10.1 Å². The van der Waals surface area contributed by atoms with Gasteiger partial charge in [-0.05, 0) is 72.7 Å². The summed E-state index contributed by atoms with van der Waals surface area (Å²) in [6.07, 6.45) is 1.49. The zero-order chi connectivity index (χ0) is 28.5. The zero-order valence-electron chi connectivity index (χ0n) is 21.9. The van der Waals surface area contributed by atoms with Crippen LogP contribution in [-0.2, 0) is 18.0 Å². The van der Waals surface area contributed by atoms with Crippen molar-refractivity contribution in [3.63, 3.8) is 0 Å². The van der Waals surface area contributed by atoms with Crippen molar-refractivity contribution >= 4 is 40.9 Å². The van der Waals surface area contributed by atoms with Crippen molar-refractivity contribution in [2.45, 2.75) is 20.1 Å². The van der Waals surface area contributed by atoms with E-state index in [0.717, 1.165) is 11.1 Å². The third-order valence-corrected chi connectivity index (χ3v) is 6.49. The van der Waals surface area contributed by atoms with Gasteiger partial charge < -0.3 is 19.5 Å². The standard InChI is InChI=1S/C32H26Cl2N2O4/c1-21-3-5-22(6-4-21)19-40-30-14-7-23(16-31(30)38-2)15-25(18-35)32(37)36-27-10-12-28(13-11-27)39-20-24-8-9-26(33)17-29(24)34/h3-17H,19-20H2,1-2H3,(H,36,37)/b25-15+. The molecule has 0 radical (unpaired) electrons. The minimum absolute atomic E-state index is 0.0620. The van der Waals surface area contributed by atoms with Crippen LogP contribution in [0.5, 0.6) is 17.2 Å². The van der Waals surface area contributed by atoms with Crippen LogP contribution >= 0.6 is 23.2 Å². The summed E-state index contributed by atoms with van der Waals surface area (Å²) in [5.41, 5.74) is 4.08. The highest BCUT2D eigenvalue weighted by Gasteiger charge is 2.12. The number of carbonyl (C=O) groups is 1. The first-order valence-corrected chi connectivity index (χ1v) is 13.1. The number of amides is 1. The molecule has 1 N–H and O–H groups in total. The molecule has 40 heavy (non-hydrogen) atoms. The first-order valence-electron chi connectivity index (χ1n) is 12.3. The van der Waals surface area contributed by atoms with Crippen LogP contribution < -0.4 is 19.5 Å². The number of nitriles is 1. The van der Waals surface area contributed by atoms with Crippen molar-refractivity contribution < 1.29 is 19.0 Å². The number of benzene rings is 4. The van der Waals surface area contributed by atoms with Gasteiger partial charge in [0.1, 0.15) is 30.6 Å². The average Bonchev–Trinajstić information content (AvgIpc) is 2.96. The highest BCUT2D eigenvalue weighted by atomic mass is 35.5. The van der Waals surface area contributed by atoms with Crippen LogP contribution in [0.3, 0.4) is 0 Å². The van der Waals surface area contributed by atoms with Crippen LogP contribution in [0.4, 0.5) is 5.69 Å². The van der Waals surface area contributed by atoms with Gasteiger partial charge in [0.2, 0.25) is 0 Å². The van der Waals surface area contributed by atoms with Crippen LogP contribution in [-0.4, -0.2) is 13.0 Å². The summed E-state index contributed by atoms with van der Waals surface area (Å²) in [7, 11) is 1.54. The number of rotatable bonds is 10. The van der Waals surface area contributed by atoms with Gasteiger partial charge in [-0.2, -0.15) is 5.26 Å². The predicted octanol–water partition coefficient (Wildman–Crippen LogP) is 8.01. The smallest absolute Gasteiger partial charge is 0.266 e. The molecule has 0 aliphatic heterocycles. The molecule has 202 valence electrons. The fraction of sp³-hybridized carbons (Fsp3) is 0.125. The molecule has 0 spiro atoms. The Bertz CT molecular complexity index is 1560. The maximum absolute atomic E-state index is 12.8. The summed E-state index contributed by atoms with van der Waals surface area (Å²) < 4.78 is 17.2. The molecule has 0 unspecified atom stereocenters. The molecule has 0 saturated heterocycles. The minimum atomic E-state index is -0.539. The molecule has 0 aliphatic carbocycles. The van der Waals surface area contributed by atoms with Crippen LogP contribution in [0.15, 0.2) is 90.5 Å². The first-order chi connectivity index (χ1) is 19.3. The number of nitrogens with zero attached hydrogens (tertiary/aromatic N) is 1. The molecule has 4 aromatic carbocycles. The molecule has 0 fully saturated rings.